The monoisotopic (exact) mass is 299 g/mol. The van der Waals surface area contributed by atoms with Crippen molar-refractivity contribution in [1.29, 1.82) is 0 Å². The number of carbonyl (C=O) groups is 4. The van der Waals surface area contributed by atoms with Crippen LogP contribution in [-0.4, -0.2) is 66.4 Å². The normalized spacial score (nSPS) is 23.1. The number of hydrogen-bond donors (Lipinski definition) is 1. The van der Waals surface area contributed by atoms with Crippen LogP contribution >= 0.6 is 0 Å². The second-order valence-corrected chi connectivity index (χ2v) is 5.98. The Morgan fingerprint density at radius 2 is 1.71 bits per heavy atom. The molecule has 1 aliphatic rings. The van der Waals surface area contributed by atoms with Gasteiger partial charge < -0.3 is 15.0 Å². The molecule has 0 aromatic rings. The van der Waals surface area contributed by atoms with Crippen molar-refractivity contribution in [3.63, 3.8) is 0 Å². The minimum atomic E-state index is -1.33. The van der Waals surface area contributed by atoms with Gasteiger partial charge in [0.1, 0.15) is 5.92 Å². The Bertz CT molecular complexity index is 483. The number of hydrogen-bond acceptors (Lipinski definition) is 5. The van der Waals surface area contributed by atoms with Crippen molar-refractivity contribution >= 4 is 23.8 Å². The summed E-state index contributed by atoms with van der Waals surface area (Å²) in [5, 5.41) is 2.65. The topological polar surface area (TPSA) is 96.0 Å². The van der Waals surface area contributed by atoms with E-state index in [2.05, 4.69) is 10.1 Å². The largest absolute Gasteiger partial charge is 0.467 e. The standard InChI is InChI=1S/C13H21N3O5/c1-13(2,3)14-9(17)7-8(11(19)21-6)15(4)12(20)16(5)10(7)18/h7-8H,1-6H3,(H,14,17). The quantitative estimate of drug-likeness (QED) is 0.552. The van der Waals surface area contributed by atoms with E-state index in [1.54, 1.807) is 20.8 Å². The third-order valence-electron chi connectivity index (χ3n) is 3.14. The number of nitrogens with one attached hydrogen (secondary N) is 1. The van der Waals surface area contributed by atoms with E-state index in [0.29, 0.717) is 0 Å². The predicted molar refractivity (Wildman–Crippen MR) is 73.1 cm³/mol. The summed E-state index contributed by atoms with van der Waals surface area (Å²) >= 11 is 0. The number of imide groups is 1. The highest BCUT2D eigenvalue weighted by Crippen LogP contribution is 2.23. The maximum Gasteiger partial charge on any atom is 0.330 e. The summed E-state index contributed by atoms with van der Waals surface area (Å²) in [5.74, 6) is -3.48. The molecule has 1 aliphatic heterocycles. The molecule has 2 unspecified atom stereocenters. The van der Waals surface area contributed by atoms with Gasteiger partial charge in [-0.1, -0.05) is 0 Å². The van der Waals surface area contributed by atoms with E-state index >= 15 is 0 Å². The maximum absolute atomic E-state index is 12.3. The van der Waals surface area contributed by atoms with Crippen molar-refractivity contribution in [1.82, 2.24) is 15.1 Å². The van der Waals surface area contributed by atoms with Gasteiger partial charge in [-0.05, 0) is 20.8 Å². The van der Waals surface area contributed by atoms with Gasteiger partial charge in [-0.15, -0.1) is 0 Å². The fourth-order valence-electron chi connectivity index (χ4n) is 2.13. The summed E-state index contributed by atoms with van der Waals surface area (Å²) in [6.45, 7) is 5.26. The molecule has 0 spiro atoms. The molecule has 0 aromatic carbocycles. The lowest BCUT2D eigenvalue weighted by Crippen LogP contribution is -2.66. The van der Waals surface area contributed by atoms with Crippen molar-refractivity contribution in [3.05, 3.63) is 0 Å². The Balaban J connectivity index is 3.21. The summed E-state index contributed by atoms with van der Waals surface area (Å²) in [7, 11) is 3.76. The van der Waals surface area contributed by atoms with Crippen LogP contribution in [0.25, 0.3) is 0 Å². The van der Waals surface area contributed by atoms with Gasteiger partial charge in [-0.25, -0.2) is 9.59 Å². The SMILES string of the molecule is COC(=O)C1C(C(=O)NC(C)(C)C)C(=O)N(C)C(=O)N1C. The van der Waals surface area contributed by atoms with E-state index in [9.17, 15) is 19.2 Å². The second kappa shape index (κ2) is 5.71. The highest BCUT2D eigenvalue weighted by molar-refractivity contribution is 6.12. The minimum absolute atomic E-state index is 0.573. The first-order chi connectivity index (χ1) is 9.51. The average molecular weight is 299 g/mol. The van der Waals surface area contributed by atoms with Gasteiger partial charge in [-0.2, -0.15) is 0 Å². The zero-order valence-electron chi connectivity index (χ0n) is 13.1. The molecule has 1 heterocycles. The molecule has 1 N–H and O–H groups in total. The lowest BCUT2D eigenvalue weighted by molar-refractivity contribution is -0.159. The summed E-state index contributed by atoms with van der Waals surface area (Å²) in [6.07, 6.45) is 0. The Morgan fingerprint density at radius 1 is 1.19 bits per heavy atom. The summed E-state index contributed by atoms with van der Waals surface area (Å²) < 4.78 is 4.62. The molecule has 1 saturated heterocycles. The average Bonchev–Trinajstić information content (AvgIpc) is 2.37. The van der Waals surface area contributed by atoms with Crippen LogP contribution in [0.2, 0.25) is 0 Å². The molecule has 0 bridgehead atoms. The van der Waals surface area contributed by atoms with Crippen LogP contribution in [-0.2, 0) is 19.1 Å². The van der Waals surface area contributed by atoms with Crippen LogP contribution in [0.3, 0.4) is 0 Å². The van der Waals surface area contributed by atoms with Gasteiger partial charge in [0.15, 0.2) is 6.04 Å². The molecule has 0 aromatic heterocycles. The van der Waals surface area contributed by atoms with Crippen LogP contribution in [0, 0.1) is 5.92 Å². The van der Waals surface area contributed by atoms with E-state index in [0.717, 1.165) is 16.9 Å². The molecule has 118 valence electrons. The molecule has 21 heavy (non-hydrogen) atoms. The molecule has 2 atom stereocenters. The minimum Gasteiger partial charge on any atom is -0.467 e. The van der Waals surface area contributed by atoms with E-state index in [4.69, 9.17) is 0 Å². The highest BCUT2D eigenvalue weighted by atomic mass is 16.5. The van der Waals surface area contributed by atoms with Crippen molar-refractivity contribution in [3.8, 4) is 0 Å². The number of rotatable bonds is 2. The van der Waals surface area contributed by atoms with Crippen molar-refractivity contribution < 1.29 is 23.9 Å². The van der Waals surface area contributed by atoms with Crippen LogP contribution < -0.4 is 5.32 Å². The van der Waals surface area contributed by atoms with Gasteiger partial charge in [0.05, 0.1) is 7.11 Å². The van der Waals surface area contributed by atoms with Crippen LogP contribution in [0.15, 0.2) is 0 Å². The first-order valence-corrected chi connectivity index (χ1v) is 6.45. The smallest absolute Gasteiger partial charge is 0.330 e. The van der Waals surface area contributed by atoms with Crippen LogP contribution in [0.4, 0.5) is 4.79 Å². The number of carbonyl (C=O) groups excluding carboxylic acids is 4. The Hall–Kier alpha value is -2.12. The molecule has 8 heteroatoms. The highest BCUT2D eigenvalue weighted by Gasteiger charge is 2.51. The molecule has 0 aliphatic carbocycles. The van der Waals surface area contributed by atoms with Crippen molar-refractivity contribution in [2.45, 2.75) is 32.4 Å². The number of amides is 4. The van der Waals surface area contributed by atoms with Gasteiger partial charge in [-0.3, -0.25) is 14.5 Å². The zero-order chi connectivity index (χ0) is 16.5. The number of methoxy groups -OCH3 is 1. The summed E-state index contributed by atoms with van der Waals surface area (Å²) in [4.78, 5) is 50.3. The van der Waals surface area contributed by atoms with Gasteiger partial charge in [0, 0.05) is 19.6 Å². The van der Waals surface area contributed by atoms with E-state index < -0.39 is 41.3 Å². The third kappa shape index (κ3) is 3.32. The van der Waals surface area contributed by atoms with Gasteiger partial charge >= 0.3 is 12.0 Å². The van der Waals surface area contributed by atoms with Crippen LogP contribution in [0.5, 0.6) is 0 Å². The number of likely N-dealkylation sites (N-methyl/N-ethyl adjacent to an activating group) is 1. The van der Waals surface area contributed by atoms with Crippen molar-refractivity contribution in [2.75, 3.05) is 21.2 Å². The Labute approximate surface area is 123 Å². The predicted octanol–water partition coefficient (Wildman–Crippen LogP) is -0.417. The van der Waals surface area contributed by atoms with E-state index in [-0.39, 0.29) is 0 Å². The molecule has 1 rings (SSSR count). The summed E-state index contributed by atoms with van der Waals surface area (Å²) in [6, 6.07) is -1.93. The molecular weight excluding hydrogens is 278 g/mol. The van der Waals surface area contributed by atoms with Gasteiger partial charge in [0.25, 0.3) is 0 Å². The van der Waals surface area contributed by atoms with Crippen molar-refractivity contribution in [2.24, 2.45) is 5.92 Å². The fourth-order valence-corrected chi connectivity index (χ4v) is 2.13. The Morgan fingerprint density at radius 3 is 2.14 bits per heavy atom. The number of nitrogens with zero attached hydrogens (tertiary/aromatic N) is 2. The maximum atomic E-state index is 12.3. The Kier molecular flexibility index (Phi) is 4.60. The number of ether oxygens (including phenoxy) is 1. The molecule has 8 nitrogen and oxygen atoms in total. The first-order valence-electron chi connectivity index (χ1n) is 6.45. The third-order valence-corrected chi connectivity index (χ3v) is 3.14. The first kappa shape index (κ1) is 16.9. The van der Waals surface area contributed by atoms with E-state index in [1.807, 2.05) is 0 Å². The van der Waals surface area contributed by atoms with Gasteiger partial charge in [0.2, 0.25) is 11.8 Å². The number of urea groups is 1. The lowest BCUT2D eigenvalue weighted by atomic mass is 9.92. The fraction of sp³-hybridized carbons (Fsp3) is 0.692. The zero-order valence-corrected chi connectivity index (χ0v) is 13.1. The van der Waals surface area contributed by atoms with Crippen LogP contribution in [0.1, 0.15) is 20.8 Å². The lowest BCUT2D eigenvalue weighted by Gasteiger charge is -2.40. The number of esters is 1. The molecule has 1 fully saturated rings. The molecule has 0 radical (unpaired) electrons. The summed E-state index contributed by atoms with van der Waals surface area (Å²) in [5.41, 5.74) is -0.573. The molecule has 0 saturated carbocycles. The molecule has 4 amide bonds. The molecular formula is C13H21N3O5. The second-order valence-electron chi connectivity index (χ2n) is 5.98. The van der Waals surface area contributed by atoms with E-state index in [1.165, 1.54) is 14.1 Å².